The van der Waals surface area contributed by atoms with E-state index in [4.69, 9.17) is 17.3 Å². The van der Waals surface area contributed by atoms with E-state index < -0.39 is 0 Å². The van der Waals surface area contributed by atoms with Gasteiger partial charge >= 0.3 is 0 Å². The van der Waals surface area contributed by atoms with Gasteiger partial charge in [-0.05, 0) is 36.5 Å². The maximum atomic E-state index is 12.4. The second-order valence-electron chi connectivity index (χ2n) is 6.82. The Hall–Kier alpha value is -1.59. The van der Waals surface area contributed by atoms with Gasteiger partial charge in [0.25, 0.3) is 0 Å². The van der Waals surface area contributed by atoms with Gasteiger partial charge in [-0.2, -0.15) is 0 Å². The van der Waals surface area contributed by atoms with E-state index in [-0.39, 0.29) is 30.3 Å². The van der Waals surface area contributed by atoms with E-state index in [0.717, 1.165) is 24.8 Å². The van der Waals surface area contributed by atoms with Crippen LogP contribution in [-0.4, -0.2) is 47.3 Å². The summed E-state index contributed by atoms with van der Waals surface area (Å²) in [6.07, 6.45) is 3.61. The van der Waals surface area contributed by atoms with Gasteiger partial charge in [-0.25, -0.2) is 0 Å². The van der Waals surface area contributed by atoms with Crippen LogP contribution in [0.3, 0.4) is 0 Å². The Morgan fingerprint density at radius 1 is 1.29 bits per heavy atom. The standard InChI is InChI=1S/C18H24ClN3O2/c19-15-5-1-3-13(9-15)11-21-7-8-22(12-18(21)24)17(23)10-14-4-2-6-16(14)20/h1,3,5,9,14,16H,2,4,6-8,10-12,20H2/t14-,16+/m0/s1. The number of halogens is 1. The summed E-state index contributed by atoms with van der Waals surface area (Å²) in [5.41, 5.74) is 7.05. The molecule has 2 N–H and O–H groups in total. The summed E-state index contributed by atoms with van der Waals surface area (Å²) in [7, 11) is 0. The van der Waals surface area contributed by atoms with Crippen LogP contribution in [0, 0.1) is 5.92 Å². The first-order valence-electron chi connectivity index (χ1n) is 8.58. The number of rotatable bonds is 4. The number of benzene rings is 1. The predicted octanol–water partition coefficient (Wildman–Crippen LogP) is 2.03. The Morgan fingerprint density at radius 2 is 2.12 bits per heavy atom. The molecule has 2 fully saturated rings. The van der Waals surface area contributed by atoms with E-state index in [1.807, 2.05) is 24.3 Å². The molecule has 24 heavy (non-hydrogen) atoms. The molecule has 1 aliphatic carbocycles. The summed E-state index contributed by atoms with van der Waals surface area (Å²) >= 11 is 5.99. The van der Waals surface area contributed by atoms with Crippen molar-refractivity contribution in [2.45, 2.75) is 38.3 Å². The summed E-state index contributed by atoms with van der Waals surface area (Å²) in [5, 5.41) is 0.668. The molecule has 3 rings (SSSR count). The van der Waals surface area contributed by atoms with Crippen LogP contribution in [0.4, 0.5) is 0 Å². The maximum absolute atomic E-state index is 12.4. The van der Waals surface area contributed by atoms with Crippen LogP contribution in [0.5, 0.6) is 0 Å². The van der Waals surface area contributed by atoms with Crippen LogP contribution in [0.15, 0.2) is 24.3 Å². The Kier molecular flexibility index (Phi) is 5.41. The highest BCUT2D eigenvalue weighted by Gasteiger charge is 2.31. The molecule has 1 aliphatic heterocycles. The zero-order chi connectivity index (χ0) is 17.1. The number of hydrogen-bond donors (Lipinski definition) is 1. The number of nitrogens with two attached hydrogens (primary N) is 1. The molecule has 1 aromatic carbocycles. The first-order valence-corrected chi connectivity index (χ1v) is 8.96. The van der Waals surface area contributed by atoms with Crippen LogP contribution < -0.4 is 5.73 Å². The molecule has 0 bridgehead atoms. The number of nitrogens with zero attached hydrogens (tertiary/aromatic N) is 2. The lowest BCUT2D eigenvalue weighted by Crippen LogP contribution is -2.52. The van der Waals surface area contributed by atoms with Gasteiger partial charge in [-0.1, -0.05) is 30.2 Å². The molecule has 0 spiro atoms. The topological polar surface area (TPSA) is 66.6 Å². The lowest BCUT2D eigenvalue weighted by molar-refractivity contribution is -0.146. The fraction of sp³-hybridized carbons (Fsp3) is 0.556. The van der Waals surface area contributed by atoms with Gasteiger partial charge in [0.15, 0.2) is 0 Å². The average Bonchev–Trinajstić information content (AvgIpc) is 2.94. The van der Waals surface area contributed by atoms with Crippen LogP contribution in [-0.2, 0) is 16.1 Å². The molecule has 1 saturated heterocycles. The van der Waals surface area contributed by atoms with Gasteiger partial charge in [-0.15, -0.1) is 0 Å². The van der Waals surface area contributed by atoms with Crippen molar-refractivity contribution in [3.05, 3.63) is 34.9 Å². The van der Waals surface area contributed by atoms with E-state index in [1.165, 1.54) is 0 Å². The van der Waals surface area contributed by atoms with E-state index in [0.29, 0.717) is 31.1 Å². The minimum absolute atomic E-state index is 0.00899. The van der Waals surface area contributed by atoms with Gasteiger partial charge in [0.1, 0.15) is 0 Å². The SMILES string of the molecule is N[C@@H]1CCC[C@H]1CC(=O)N1CCN(Cc2cccc(Cl)c2)C(=O)C1. The Labute approximate surface area is 147 Å². The molecule has 2 amide bonds. The first kappa shape index (κ1) is 17.2. The van der Waals surface area contributed by atoms with Crippen LogP contribution in [0.1, 0.15) is 31.2 Å². The zero-order valence-corrected chi connectivity index (χ0v) is 14.5. The van der Waals surface area contributed by atoms with Crippen molar-refractivity contribution in [3.63, 3.8) is 0 Å². The molecule has 0 unspecified atom stereocenters. The van der Waals surface area contributed by atoms with Crippen LogP contribution in [0.2, 0.25) is 5.02 Å². The van der Waals surface area contributed by atoms with Crippen molar-refractivity contribution in [3.8, 4) is 0 Å². The molecule has 5 nitrogen and oxygen atoms in total. The largest absolute Gasteiger partial charge is 0.335 e. The van der Waals surface area contributed by atoms with Crippen molar-refractivity contribution in [1.82, 2.24) is 9.80 Å². The van der Waals surface area contributed by atoms with E-state index in [9.17, 15) is 9.59 Å². The highest BCUT2D eigenvalue weighted by atomic mass is 35.5. The van der Waals surface area contributed by atoms with Crippen molar-refractivity contribution < 1.29 is 9.59 Å². The lowest BCUT2D eigenvalue weighted by Gasteiger charge is -2.35. The summed E-state index contributed by atoms with van der Waals surface area (Å²) in [5.74, 6) is 0.329. The molecular weight excluding hydrogens is 326 g/mol. The summed E-state index contributed by atoms with van der Waals surface area (Å²) in [4.78, 5) is 28.3. The molecule has 0 radical (unpaired) electrons. The van der Waals surface area contributed by atoms with Gasteiger partial charge < -0.3 is 15.5 Å². The van der Waals surface area contributed by atoms with E-state index >= 15 is 0 Å². The Morgan fingerprint density at radius 3 is 2.79 bits per heavy atom. The number of carbonyl (C=O) groups excluding carboxylic acids is 2. The van der Waals surface area contributed by atoms with Crippen molar-refractivity contribution in [2.24, 2.45) is 11.7 Å². The fourth-order valence-electron chi connectivity index (χ4n) is 3.62. The Bertz CT molecular complexity index is 622. The molecule has 1 saturated carbocycles. The second kappa shape index (κ2) is 7.53. The zero-order valence-electron chi connectivity index (χ0n) is 13.8. The third-order valence-electron chi connectivity index (χ3n) is 5.09. The molecule has 0 aromatic heterocycles. The highest BCUT2D eigenvalue weighted by Crippen LogP contribution is 2.27. The first-order chi connectivity index (χ1) is 11.5. The summed E-state index contributed by atoms with van der Waals surface area (Å²) < 4.78 is 0. The van der Waals surface area contributed by atoms with Crippen LogP contribution in [0.25, 0.3) is 0 Å². The normalized spacial score (nSPS) is 24.5. The van der Waals surface area contributed by atoms with Gasteiger partial charge in [0.05, 0.1) is 6.54 Å². The van der Waals surface area contributed by atoms with E-state index in [2.05, 4.69) is 0 Å². The molecule has 2 atom stereocenters. The van der Waals surface area contributed by atoms with Gasteiger partial charge in [0.2, 0.25) is 11.8 Å². The second-order valence-corrected chi connectivity index (χ2v) is 7.26. The number of carbonyl (C=O) groups is 2. The van der Waals surface area contributed by atoms with E-state index in [1.54, 1.807) is 9.80 Å². The fourth-order valence-corrected chi connectivity index (χ4v) is 3.83. The number of amides is 2. The lowest BCUT2D eigenvalue weighted by atomic mass is 9.99. The molecule has 1 aromatic rings. The van der Waals surface area contributed by atoms with Crippen molar-refractivity contribution in [2.75, 3.05) is 19.6 Å². The van der Waals surface area contributed by atoms with Crippen LogP contribution >= 0.6 is 11.6 Å². The average molecular weight is 350 g/mol. The minimum Gasteiger partial charge on any atom is -0.335 e. The van der Waals surface area contributed by atoms with Crippen molar-refractivity contribution in [1.29, 1.82) is 0 Å². The van der Waals surface area contributed by atoms with Gasteiger partial charge in [-0.3, -0.25) is 9.59 Å². The quantitative estimate of drug-likeness (QED) is 0.904. The minimum atomic E-state index is -0.00899. The molecule has 2 aliphatic rings. The molecular formula is C18H24ClN3O2. The molecule has 1 heterocycles. The summed E-state index contributed by atoms with van der Waals surface area (Å²) in [6, 6.07) is 7.66. The number of hydrogen-bond acceptors (Lipinski definition) is 3. The molecule has 130 valence electrons. The number of piperazine rings is 1. The summed E-state index contributed by atoms with van der Waals surface area (Å²) in [6.45, 7) is 1.86. The van der Waals surface area contributed by atoms with Crippen molar-refractivity contribution >= 4 is 23.4 Å². The predicted molar refractivity (Wildman–Crippen MR) is 93.4 cm³/mol. The third-order valence-corrected chi connectivity index (χ3v) is 5.32. The molecule has 6 heteroatoms. The highest BCUT2D eigenvalue weighted by molar-refractivity contribution is 6.30. The maximum Gasteiger partial charge on any atom is 0.242 e. The third kappa shape index (κ3) is 4.08. The Balaban J connectivity index is 1.53. The monoisotopic (exact) mass is 349 g/mol. The van der Waals surface area contributed by atoms with Gasteiger partial charge in [0, 0.05) is 37.1 Å². The smallest absolute Gasteiger partial charge is 0.242 e.